The van der Waals surface area contributed by atoms with Crippen LogP contribution in [0.1, 0.15) is 38.0 Å². The lowest BCUT2D eigenvalue weighted by Crippen LogP contribution is -2.53. The first-order chi connectivity index (χ1) is 13.8. The van der Waals surface area contributed by atoms with E-state index in [2.05, 4.69) is 20.4 Å². The second-order valence-corrected chi connectivity index (χ2v) is 7.73. The molecule has 2 fully saturated rings. The number of aromatic nitrogens is 2. The van der Waals surface area contributed by atoms with Gasteiger partial charge in [0.2, 0.25) is 11.8 Å². The lowest BCUT2D eigenvalue weighted by atomic mass is 9.96. The predicted molar refractivity (Wildman–Crippen MR) is 107 cm³/mol. The molecular formula is C21H29N5O2. The molecule has 0 radical (unpaired) electrons. The average Bonchev–Trinajstić information content (AvgIpc) is 3.23. The highest BCUT2D eigenvalue weighted by Crippen LogP contribution is 2.18. The molecule has 1 N–H and O–H groups in total. The molecule has 2 heterocycles. The van der Waals surface area contributed by atoms with Crippen LogP contribution in [-0.2, 0) is 6.42 Å². The van der Waals surface area contributed by atoms with Gasteiger partial charge in [0, 0.05) is 50.7 Å². The summed E-state index contributed by atoms with van der Waals surface area (Å²) in [6.07, 6.45) is 6.76. The summed E-state index contributed by atoms with van der Waals surface area (Å²) in [7, 11) is 0. The van der Waals surface area contributed by atoms with Crippen molar-refractivity contribution < 1.29 is 9.21 Å². The molecular weight excluding hydrogens is 354 g/mol. The smallest absolute Gasteiger partial charge is 0.317 e. The summed E-state index contributed by atoms with van der Waals surface area (Å²) in [5.41, 5.74) is 0.943. The Bertz CT molecular complexity index is 749. The zero-order valence-corrected chi connectivity index (χ0v) is 16.3. The minimum atomic E-state index is 0.107. The topological polar surface area (TPSA) is 74.5 Å². The van der Waals surface area contributed by atoms with E-state index in [9.17, 15) is 4.79 Å². The van der Waals surface area contributed by atoms with Crippen molar-refractivity contribution in [3.8, 4) is 11.5 Å². The zero-order chi connectivity index (χ0) is 19.2. The Morgan fingerprint density at radius 3 is 2.54 bits per heavy atom. The molecule has 2 aromatic rings. The number of urea groups is 1. The molecule has 2 amide bonds. The van der Waals surface area contributed by atoms with E-state index >= 15 is 0 Å². The van der Waals surface area contributed by atoms with Gasteiger partial charge in [0.05, 0.1) is 0 Å². The highest BCUT2D eigenvalue weighted by atomic mass is 16.4. The van der Waals surface area contributed by atoms with Crippen LogP contribution in [0, 0.1) is 0 Å². The molecule has 2 aliphatic rings. The lowest BCUT2D eigenvalue weighted by molar-refractivity contribution is 0.135. The Hall–Kier alpha value is -2.41. The third-order valence-corrected chi connectivity index (χ3v) is 5.72. The Morgan fingerprint density at radius 1 is 1.04 bits per heavy atom. The number of amides is 2. The number of nitrogens with zero attached hydrogens (tertiary/aromatic N) is 4. The van der Waals surface area contributed by atoms with Crippen LogP contribution in [0.3, 0.4) is 0 Å². The molecule has 28 heavy (non-hydrogen) atoms. The standard InChI is InChI=1S/C21H29N5O2/c27-21(22-18-9-5-2-6-10-18)26-15-13-25(14-16-26)12-11-19-23-24-20(28-19)17-7-3-1-4-8-17/h1,3-4,7-8,18H,2,5-6,9-16H2,(H,22,27). The van der Waals surface area contributed by atoms with Crippen molar-refractivity contribution in [1.29, 1.82) is 0 Å². The molecule has 0 spiro atoms. The van der Waals surface area contributed by atoms with E-state index < -0.39 is 0 Å². The molecule has 0 unspecified atom stereocenters. The molecule has 1 aliphatic carbocycles. The van der Waals surface area contributed by atoms with Crippen LogP contribution in [-0.4, -0.2) is 64.8 Å². The fourth-order valence-electron chi connectivity index (χ4n) is 3.99. The fourth-order valence-corrected chi connectivity index (χ4v) is 3.99. The monoisotopic (exact) mass is 383 g/mol. The summed E-state index contributed by atoms with van der Waals surface area (Å²) in [5.74, 6) is 1.23. The number of rotatable bonds is 5. The maximum Gasteiger partial charge on any atom is 0.317 e. The van der Waals surface area contributed by atoms with Gasteiger partial charge in [-0.2, -0.15) is 0 Å². The van der Waals surface area contributed by atoms with Gasteiger partial charge in [-0.15, -0.1) is 10.2 Å². The van der Waals surface area contributed by atoms with E-state index in [1.807, 2.05) is 35.2 Å². The summed E-state index contributed by atoms with van der Waals surface area (Å²) in [4.78, 5) is 16.8. The van der Waals surface area contributed by atoms with E-state index in [0.29, 0.717) is 17.8 Å². The third kappa shape index (κ3) is 4.90. The van der Waals surface area contributed by atoms with Crippen molar-refractivity contribution in [3.63, 3.8) is 0 Å². The van der Waals surface area contributed by atoms with Gasteiger partial charge in [0.1, 0.15) is 0 Å². The summed E-state index contributed by atoms with van der Waals surface area (Å²) >= 11 is 0. The molecule has 1 aromatic heterocycles. The summed E-state index contributed by atoms with van der Waals surface area (Å²) < 4.78 is 5.78. The first-order valence-electron chi connectivity index (χ1n) is 10.4. The minimum absolute atomic E-state index is 0.107. The molecule has 0 atom stereocenters. The first-order valence-corrected chi connectivity index (χ1v) is 10.4. The van der Waals surface area contributed by atoms with Gasteiger partial charge >= 0.3 is 6.03 Å². The van der Waals surface area contributed by atoms with Crippen LogP contribution in [0.5, 0.6) is 0 Å². The Morgan fingerprint density at radius 2 is 1.79 bits per heavy atom. The van der Waals surface area contributed by atoms with Crippen LogP contribution in [0.4, 0.5) is 4.79 Å². The molecule has 1 saturated heterocycles. The Labute approximate surface area is 166 Å². The number of carbonyl (C=O) groups excluding carboxylic acids is 1. The number of nitrogens with one attached hydrogen (secondary N) is 1. The van der Waals surface area contributed by atoms with Gasteiger partial charge in [-0.25, -0.2) is 4.79 Å². The quantitative estimate of drug-likeness (QED) is 0.859. The van der Waals surface area contributed by atoms with Crippen LogP contribution in [0.2, 0.25) is 0 Å². The summed E-state index contributed by atoms with van der Waals surface area (Å²) in [6.45, 7) is 4.19. The number of hydrogen-bond donors (Lipinski definition) is 1. The van der Waals surface area contributed by atoms with E-state index in [1.165, 1.54) is 19.3 Å². The van der Waals surface area contributed by atoms with Crippen molar-refractivity contribution in [2.45, 2.75) is 44.6 Å². The molecule has 7 heteroatoms. The molecule has 4 rings (SSSR count). The van der Waals surface area contributed by atoms with Gasteiger partial charge in [-0.3, -0.25) is 4.90 Å². The number of benzene rings is 1. The SMILES string of the molecule is O=C(NC1CCCCC1)N1CCN(CCc2nnc(-c3ccccc3)o2)CC1. The van der Waals surface area contributed by atoms with Crippen molar-refractivity contribution in [2.24, 2.45) is 0 Å². The van der Waals surface area contributed by atoms with Gasteiger partial charge < -0.3 is 14.6 Å². The first kappa shape index (κ1) is 18.9. The van der Waals surface area contributed by atoms with Crippen LogP contribution in [0.25, 0.3) is 11.5 Å². The minimum Gasteiger partial charge on any atom is -0.421 e. The van der Waals surface area contributed by atoms with Crippen LogP contribution in [0.15, 0.2) is 34.7 Å². The summed E-state index contributed by atoms with van der Waals surface area (Å²) in [5, 5.41) is 11.5. The van der Waals surface area contributed by atoms with Crippen molar-refractivity contribution >= 4 is 6.03 Å². The van der Waals surface area contributed by atoms with E-state index in [1.54, 1.807) is 0 Å². The van der Waals surface area contributed by atoms with Gasteiger partial charge in [-0.05, 0) is 25.0 Å². The van der Waals surface area contributed by atoms with E-state index in [-0.39, 0.29) is 6.03 Å². The molecule has 0 bridgehead atoms. The zero-order valence-electron chi connectivity index (χ0n) is 16.3. The maximum atomic E-state index is 12.5. The number of carbonyl (C=O) groups is 1. The average molecular weight is 383 g/mol. The highest BCUT2D eigenvalue weighted by Gasteiger charge is 2.24. The normalized spacial score (nSPS) is 18.9. The summed E-state index contributed by atoms with van der Waals surface area (Å²) in [6, 6.07) is 10.3. The van der Waals surface area contributed by atoms with E-state index in [4.69, 9.17) is 4.42 Å². The number of hydrogen-bond acceptors (Lipinski definition) is 5. The highest BCUT2D eigenvalue weighted by molar-refractivity contribution is 5.74. The van der Waals surface area contributed by atoms with E-state index in [0.717, 1.165) is 57.5 Å². The van der Waals surface area contributed by atoms with Gasteiger partial charge in [0.25, 0.3) is 0 Å². The van der Waals surface area contributed by atoms with Gasteiger partial charge in [-0.1, -0.05) is 37.5 Å². The second kappa shape index (κ2) is 9.19. The van der Waals surface area contributed by atoms with Crippen molar-refractivity contribution in [1.82, 2.24) is 25.3 Å². The molecule has 7 nitrogen and oxygen atoms in total. The molecule has 150 valence electrons. The number of piperazine rings is 1. The fraction of sp³-hybridized carbons (Fsp3) is 0.571. The van der Waals surface area contributed by atoms with Crippen molar-refractivity contribution in [3.05, 3.63) is 36.2 Å². The molecule has 1 aromatic carbocycles. The maximum absolute atomic E-state index is 12.5. The Kier molecular flexibility index (Phi) is 6.21. The predicted octanol–water partition coefficient (Wildman–Crippen LogP) is 2.94. The largest absolute Gasteiger partial charge is 0.421 e. The Balaban J connectivity index is 1.19. The van der Waals surface area contributed by atoms with Crippen LogP contribution >= 0.6 is 0 Å². The van der Waals surface area contributed by atoms with Crippen LogP contribution < -0.4 is 5.32 Å². The second-order valence-electron chi connectivity index (χ2n) is 7.73. The lowest BCUT2D eigenvalue weighted by Gasteiger charge is -2.35. The van der Waals surface area contributed by atoms with Crippen molar-refractivity contribution in [2.75, 3.05) is 32.7 Å². The molecule has 1 saturated carbocycles. The molecule has 1 aliphatic heterocycles. The third-order valence-electron chi connectivity index (χ3n) is 5.72. The van der Waals surface area contributed by atoms with Gasteiger partial charge in [0.15, 0.2) is 0 Å².